The van der Waals surface area contributed by atoms with Crippen molar-refractivity contribution in [3.05, 3.63) is 436 Å². The highest BCUT2D eigenvalue weighted by molar-refractivity contribution is 7.02. The summed E-state index contributed by atoms with van der Waals surface area (Å²) in [4.78, 5) is 38.5. The van der Waals surface area contributed by atoms with Crippen LogP contribution in [0.2, 0.25) is 0 Å². The number of anilines is 6. The second-order valence-electron chi connectivity index (χ2n) is 36.6. The maximum Gasteiger partial charge on any atom is 0.248 e. The highest BCUT2D eigenvalue weighted by Crippen LogP contribution is 2.53. The number of fused-ring (bicyclic) bond motifs is 19. The lowest BCUT2D eigenvalue weighted by molar-refractivity contribution is 0.660. The fraction of sp³-hybridized carbons (Fsp3) is 0.0244. The van der Waals surface area contributed by atoms with Crippen molar-refractivity contribution in [2.24, 2.45) is 0 Å². The van der Waals surface area contributed by atoms with Gasteiger partial charge in [-0.25, -0.2) is 29.9 Å². The zero-order chi connectivity index (χ0) is 88.8. The summed E-state index contributed by atoms with van der Waals surface area (Å²) >= 11 is 0. The van der Waals surface area contributed by atoms with Gasteiger partial charge in [0.1, 0.15) is 22.3 Å². The van der Waals surface area contributed by atoms with Gasteiger partial charge in [0.25, 0.3) is 0 Å². The number of aromatic nitrogens is 6. The molecule has 0 saturated heterocycles. The Kier molecular flexibility index (Phi) is 16.9. The van der Waals surface area contributed by atoms with Gasteiger partial charge in [-0.3, -0.25) is 0 Å². The molecule has 12 heteroatoms. The second kappa shape index (κ2) is 29.8. The Bertz CT molecular complexity index is 8940. The van der Waals surface area contributed by atoms with Gasteiger partial charge in [0.2, 0.25) is 13.4 Å². The summed E-state index contributed by atoms with van der Waals surface area (Å²) < 4.78 is 14.1. The van der Waals surface area contributed by atoms with Gasteiger partial charge >= 0.3 is 0 Å². The predicted molar refractivity (Wildman–Crippen MR) is 555 cm³/mol. The topological polar surface area (TPSA) is 110 Å². The number of rotatable bonds is 13. The van der Waals surface area contributed by atoms with Crippen LogP contribution in [0.25, 0.3) is 201 Å². The third-order valence-electron chi connectivity index (χ3n) is 28.8. The minimum atomic E-state index is -0.170. The quantitative estimate of drug-likeness (QED) is 0.104. The molecule has 0 fully saturated rings. The summed E-state index contributed by atoms with van der Waals surface area (Å²) in [7, 11) is 0. The standard InChI is InChI=1S/C123H76B2N8O2/c1-123(2)101-47-25-21-41-89(101)96-64-80(53-60-102(96)123)118-126-117(77-35-13-6-14-36-77)127-119(128-118)81-65-100-91-43-23-27-49-104(91)125-106-71-98-97-63-79(55-62-112(97)135-114(98)72-108(106)133(110(69-81)116(100)125)84-58-59-93-92-44-24-28-50-111(92)134-113(93)70-84)86-38-15-17-39-87(86)88-40-18-20-46-95(88)122-130-120(129-121(131-122)94-45-19-16-37-85(94)76-33-11-5-12-34-76)82-66-99-90-42-22-26-48-103(90)124-105-67-78(74-31-9-4-10-32-74)54-61-107(105)132(109(68-82)115(99)124)83-56-51-75(52-57-83)73-29-7-3-8-30-73/h3-72H,1-2H3. The highest BCUT2D eigenvalue weighted by atomic mass is 16.3. The van der Waals surface area contributed by atoms with E-state index < -0.39 is 0 Å². The molecule has 4 aliphatic heterocycles. The van der Waals surface area contributed by atoms with Crippen LogP contribution in [0.1, 0.15) is 25.0 Å². The normalized spacial score (nSPS) is 13.1. The fourth-order valence-electron chi connectivity index (χ4n) is 22.6. The molecule has 0 bridgehead atoms. The van der Waals surface area contributed by atoms with E-state index in [2.05, 4.69) is 418 Å². The zero-order valence-electron chi connectivity index (χ0n) is 73.5. The SMILES string of the molecule is CC1(C)c2ccccc2-c2cc(-c3nc(-c4ccccc4)nc(-c4cc5c6c(c4)N(c4ccc7c(c4)oc4ccccc47)c4cc7oc8ccc(-c9ccccc9-c9ccccc9-c9nc(-c%10cc%11c%12c(c%10)N(c%10ccc(-c%13ccccc%13)cc%10)c%10ccc(-c%13ccccc%13)cc%10B%12c%10ccccc%10-%11)nc(-c%10ccccc%10-c%10ccccc%10)n9)cc8c7cc4B6c4ccccc4-5)n3)ccc21. The maximum absolute atomic E-state index is 7.28. The first-order valence-electron chi connectivity index (χ1n) is 46.2. The van der Waals surface area contributed by atoms with Crippen LogP contribution < -0.4 is 42.6 Å². The van der Waals surface area contributed by atoms with Crippen LogP contribution in [0, 0.1) is 0 Å². The van der Waals surface area contributed by atoms with E-state index in [1.165, 1.54) is 66.3 Å². The Balaban J connectivity index is 0.601. The van der Waals surface area contributed by atoms with Crippen LogP contribution in [-0.4, -0.2) is 43.3 Å². The summed E-state index contributed by atoms with van der Waals surface area (Å²) in [6, 6.07) is 153. The molecule has 0 atom stereocenters. The van der Waals surface area contributed by atoms with Gasteiger partial charge in [-0.1, -0.05) is 358 Å². The van der Waals surface area contributed by atoms with Gasteiger partial charge in [0.05, 0.1) is 0 Å². The lowest BCUT2D eigenvalue weighted by Crippen LogP contribution is -2.54. The molecule has 1 aliphatic carbocycles. The molecular weight excluding hydrogens is 1640 g/mol. The molecule has 28 rings (SSSR count). The Morgan fingerprint density at radius 3 is 1.25 bits per heavy atom. The van der Waals surface area contributed by atoms with Crippen molar-refractivity contribution in [3.8, 4) is 157 Å². The van der Waals surface area contributed by atoms with Gasteiger partial charge in [-0.05, 0) is 201 Å². The predicted octanol–water partition coefficient (Wildman–Crippen LogP) is 27.1. The van der Waals surface area contributed by atoms with Crippen molar-refractivity contribution < 1.29 is 8.83 Å². The Hall–Kier alpha value is -17.5. The zero-order valence-corrected chi connectivity index (χ0v) is 73.5. The number of hydrogen-bond donors (Lipinski definition) is 0. The third-order valence-corrected chi connectivity index (χ3v) is 28.8. The summed E-state index contributed by atoms with van der Waals surface area (Å²) in [5, 5.41) is 4.12. The number of benzene rings is 19. The van der Waals surface area contributed by atoms with E-state index in [0.29, 0.717) is 34.9 Å². The van der Waals surface area contributed by atoms with Gasteiger partial charge in [-0.15, -0.1) is 0 Å². The molecule has 19 aromatic carbocycles. The molecule has 8 heterocycles. The van der Waals surface area contributed by atoms with Crippen LogP contribution in [0.3, 0.4) is 0 Å². The first-order valence-corrected chi connectivity index (χ1v) is 46.2. The van der Waals surface area contributed by atoms with Crippen molar-refractivity contribution in [2.45, 2.75) is 19.3 Å². The lowest BCUT2D eigenvalue weighted by atomic mass is 9.37. The lowest BCUT2D eigenvalue weighted by Gasteiger charge is -2.36. The minimum absolute atomic E-state index is 0.0483. The molecule has 0 radical (unpaired) electrons. The van der Waals surface area contributed by atoms with Gasteiger partial charge < -0.3 is 18.6 Å². The molecule has 0 spiro atoms. The van der Waals surface area contributed by atoms with Crippen LogP contribution in [-0.2, 0) is 5.41 Å². The van der Waals surface area contributed by atoms with Crippen molar-refractivity contribution in [2.75, 3.05) is 9.80 Å². The van der Waals surface area contributed by atoms with Crippen LogP contribution >= 0.6 is 0 Å². The first kappa shape index (κ1) is 76.4. The average molecular weight is 1720 g/mol. The van der Waals surface area contributed by atoms with Crippen LogP contribution in [0.5, 0.6) is 0 Å². The van der Waals surface area contributed by atoms with Gasteiger partial charge in [0.15, 0.2) is 34.9 Å². The van der Waals surface area contributed by atoms with E-state index in [1.807, 2.05) is 30.3 Å². The van der Waals surface area contributed by atoms with Crippen LogP contribution in [0.15, 0.2) is 433 Å². The molecule has 23 aromatic rings. The number of hydrogen-bond acceptors (Lipinski definition) is 10. The molecule has 0 N–H and O–H groups in total. The van der Waals surface area contributed by atoms with E-state index in [4.69, 9.17) is 38.7 Å². The molecule has 626 valence electrons. The third kappa shape index (κ3) is 12.0. The Morgan fingerprint density at radius 1 is 0.200 bits per heavy atom. The minimum Gasteiger partial charge on any atom is -0.456 e. The monoisotopic (exact) mass is 1720 g/mol. The fourth-order valence-corrected chi connectivity index (χ4v) is 22.6. The highest BCUT2D eigenvalue weighted by Gasteiger charge is 2.46. The number of para-hydroxylation sites is 1. The summed E-state index contributed by atoms with van der Waals surface area (Å²) in [6.45, 7) is 4.42. The Labute approximate surface area is 779 Å². The van der Waals surface area contributed by atoms with E-state index in [-0.39, 0.29) is 18.8 Å². The number of furan rings is 2. The van der Waals surface area contributed by atoms with Crippen molar-refractivity contribution in [1.82, 2.24) is 29.9 Å². The van der Waals surface area contributed by atoms with Crippen molar-refractivity contribution in [3.63, 3.8) is 0 Å². The van der Waals surface area contributed by atoms with Gasteiger partial charge in [0, 0.05) is 107 Å². The molecule has 10 nitrogen and oxygen atoms in total. The largest absolute Gasteiger partial charge is 0.456 e. The number of nitrogens with zero attached hydrogens (tertiary/aromatic N) is 8. The van der Waals surface area contributed by atoms with E-state index in [9.17, 15) is 0 Å². The smallest absolute Gasteiger partial charge is 0.248 e. The molecule has 0 amide bonds. The van der Waals surface area contributed by atoms with E-state index in [0.717, 1.165) is 178 Å². The molecule has 4 aromatic heterocycles. The Morgan fingerprint density at radius 2 is 0.607 bits per heavy atom. The van der Waals surface area contributed by atoms with E-state index in [1.54, 1.807) is 0 Å². The van der Waals surface area contributed by atoms with Gasteiger partial charge in [-0.2, -0.15) is 0 Å². The maximum atomic E-state index is 7.28. The van der Waals surface area contributed by atoms with Crippen molar-refractivity contribution >= 4 is 124 Å². The first-order chi connectivity index (χ1) is 66.7. The summed E-state index contributed by atoms with van der Waals surface area (Å²) in [6.07, 6.45) is 0. The summed E-state index contributed by atoms with van der Waals surface area (Å²) in [5.74, 6) is 3.43. The van der Waals surface area contributed by atoms with Crippen LogP contribution in [0.4, 0.5) is 34.1 Å². The van der Waals surface area contributed by atoms with Crippen molar-refractivity contribution in [1.29, 1.82) is 0 Å². The van der Waals surface area contributed by atoms with E-state index >= 15 is 0 Å². The molecule has 135 heavy (non-hydrogen) atoms. The molecule has 0 saturated carbocycles. The average Bonchev–Trinajstić information content (AvgIpc) is 1.55. The second-order valence-corrected chi connectivity index (χ2v) is 36.6. The molecule has 5 aliphatic rings. The molecular formula is C123H76B2N8O2. The summed E-state index contributed by atoms with van der Waals surface area (Å²) in [5.41, 5.74) is 42.3. The molecule has 0 unspecified atom stereocenters.